The summed E-state index contributed by atoms with van der Waals surface area (Å²) in [6.07, 6.45) is 3.60. The summed E-state index contributed by atoms with van der Waals surface area (Å²) in [5.74, 6) is 1.71. The van der Waals surface area contributed by atoms with Crippen molar-refractivity contribution in [2.24, 2.45) is 0 Å². The summed E-state index contributed by atoms with van der Waals surface area (Å²) in [5, 5.41) is 2.02. The quantitative estimate of drug-likeness (QED) is 0.154. The van der Waals surface area contributed by atoms with Gasteiger partial charge in [-0.25, -0.2) is 9.97 Å². The fourth-order valence-electron chi connectivity index (χ4n) is 7.70. The predicted molar refractivity (Wildman–Crippen MR) is 253 cm³/mol. The third-order valence-electron chi connectivity index (χ3n) is 11.4. The van der Waals surface area contributed by atoms with Gasteiger partial charge in [-0.05, 0) is 68.4 Å². The summed E-state index contributed by atoms with van der Waals surface area (Å²) < 4.78 is 13.8. The fraction of sp³-hybridized carbons (Fsp3) is 0.382. The van der Waals surface area contributed by atoms with Gasteiger partial charge in [-0.15, -0.1) is 54.1 Å². The molecule has 0 unspecified atom stereocenters. The first kappa shape index (κ1) is 46.5. The number of rotatable bonds is 6. The zero-order valence-corrected chi connectivity index (χ0v) is 41.6. The van der Waals surface area contributed by atoms with Crippen LogP contribution in [0.15, 0.2) is 94.2 Å². The third kappa shape index (κ3) is 9.36. The normalized spacial score (nSPS) is 12.4. The van der Waals surface area contributed by atoms with Gasteiger partial charge in [0, 0.05) is 48.2 Å². The Bertz CT molecular complexity index is 2800. The fourth-order valence-corrected chi connectivity index (χ4v) is 7.70. The van der Waals surface area contributed by atoms with E-state index < -0.39 is 0 Å². The zero-order valence-electron chi connectivity index (χ0n) is 39.3. The Hall–Kier alpha value is -4.97. The van der Waals surface area contributed by atoms with Crippen LogP contribution in [0.5, 0.6) is 0 Å². The first-order valence-electron chi connectivity index (χ1n) is 21.8. The molecule has 0 amide bonds. The monoisotopic (exact) mass is 1000 g/mol. The molecule has 8 rings (SSSR count). The first-order chi connectivity index (χ1) is 28.6. The predicted octanol–water partition coefficient (Wildman–Crippen LogP) is 15.5. The Morgan fingerprint density at radius 2 is 1.26 bits per heavy atom. The van der Waals surface area contributed by atoms with E-state index in [0.29, 0.717) is 5.92 Å². The van der Waals surface area contributed by atoms with Gasteiger partial charge in [0.15, 0.2) is 5.58 Å². The average molecular weight is 1000 g/mol. The molecule has 8 aromatic rings. The van der Waals surface area contributed by atoms with E-state index in [1.165, 1.54) is 27.8 Å². The minimum atomic E-state index is -0.247. The van der Waals surface area contributed by atoms with Crippen molar-refractivity contribution in [3.05, 3.63) is 131 Å². The maximum absolute atomic E-state index is 7.02. The minimum absolute atomic E-state index is 0. The van der Waals surface area contributed by atoms with Gasteiger partial charge in [0.2, 0.25) is 5.89 Å². The summed E-state index contributed by atoms with van der Waals surface area (Å²) in [5.41, 5.74) is 15.0. The van der Waals surface area contributed by atoms with E-state index in [-0.39, 0.29) is 48.2 Å². The Morgan fingerprint density at radius 3 is 1.81 bits per heavy atom. The van der Waals surface area contributed by atoms with Crippen molar-refractivity contribution in [1.82, 2.24) is 19.9 Å². The van der Waals surface area contributed by atoms with Crippen molar-refractivity contribution in [3.8, 4) is 33.6 Å². The molecule has 0 N–H and O–H groups in total. The zero-order chi connectivity index (χ0) is 44.2. The van der Waals surface area contributed by atoms with Crippen molar-refractivity contribution >= 4 is 33.0 Å². The maximum atomic E-state index is 7.02. The molecule has 4 heterocycles. The SMILES string of the molecule is CC(C)(C)c1ccc(-c2[c-]cccc2)nc1.CC(C)c1cc(C(C)C)c(-c2c3oc(C(C)(C)C)nc3cc3c2oc2c(-c4cc(C(C)(C)C)ncn4)[c-]ccc23)c(C(C)C)c1.[Ir]. The second kappa shape index (κ2) is 17.7. The van der Waals surface area contributed by atoms with E-state index in [1.54, 1.807) is 6.33 Å². The number of benzene rings is 4. The number of nitrogens with zero attached hydrogens (tertiary/aromatic N) is 4. The molecule has 0 atom stereocenters. The summed E-state index contributed by atoms with van der Waals surface area (Å²) in [6, 6.07) is 31.8. The van der Waals surface area contributed by atoms with Crippen LogP contribution >= 0.6 is 0 Å². The van der Waals surface area contributed by atoms with Crippen molar-refractivity contribution in [2.75, 3.05) is 0 Å². The van der Waals surface area contributed by atoms with Gasteiger partial charge < -0.3 is 13.8 Å². The van der Waals surface area contributed by atoms with Crippen LogP contribution in [0.25, 0.3) is 66.7 Å². The van der Waals surface area contributed by atoms with Gasteiger partial charge in [0.1, 0.15) is 17.4 Å². The molecule has 0 fully saturated rings. The van der Waals surface area contributed by atoms with Gasteiger partial charge in [-0.3, -0.25) is 4.98 Å². The maximum Gasteiger partial charge on any atom is 0.200 e. The third-order valence-corrected chi connectivity index (χ3v) is 11.4. The van der Waals surface area contributed by atoms with E-state index >= 15 is 0 Å². The topological polar surface area (TPSA) is 77.8 Å². The molecule has 4 aromatic heterocycles. The van der Waals surface area contributed by atoms with Gasteiger partial charge in [-0.2, -0.15) is 0 Å². The van der Waals surface area contributed by atoms with Crippen LogP contribution in [-0.2, 0) is 36.4 Å². The number of furan rings is 1. The molecule has 1 radical (unpaired) electrons. The Kier molecular flexibility index (Phi) is 13.3. The van der Waals surface area contributed by atoms with Gasteiger partial charge in [0.05, 0.1) is 11.1 Å². The minimum Gasteiger partial charge on any atom is -0.500 e. The molecule has 4 aromatic carbocycles. The molecule has 0 aliphatic rings. The number of pyridine rings is 1. The molecular weight excluding hydrogens is 941 g/mol. The van der Waals surface area contributed by atoms with Gasteiger partial charge in [0.25, 0.3) is 0 Å². The second-order valence-electron chi connectivity index (χ2n) is 20.5. The summed E-state index contributed by atoms with van der Waals surface area (Å²) in [7, 11) is 0. The van der Waals surface area contributed by atoms with E-state index in [0.717, 1.165) is 72.7 Å². The molecule has 0 aliphatic heterocycles. The molecule has 0 bridgehead atoms. The number of fused-ring (bicyclic) bond motifs is 4. The standard InChI is InChI=1S/C40H46N3O2.C15H16N.Ir/c1-21(2)24-16-27(22(3)4)33(28(17-24)23(5)6)34-36-29(18-31-37(34)45-38(43-31)40(10,11)12)25-14-13-15-26(35(25)44-36)30-19-32(39(7,8)9)42-20-41-30;1-15(2,3)13-9-10-14(16-11-13)12-7-5-4-6-8-12;/h13-14,16-23H,1-12H3;4-7,9-11H,1-3H3;/q2*-1;. The summed E-state index contributed by atoms with van der Waals surface area (Å²) >= 11 is 0. The van der Waals surface area contributed by atoms with Crippen LogP contribution in [0, 0.1) is 12.1 Å². The molecule has 0 saturated heterocycles. The Labute approximate surface area is 382 Å². The van der Waals surface area contributed by atoms with E-state index in [2.05, 4.69) is 173 Å². The smallest absolute Gasteiger partial charge is 0.200 e. The molecule has 0 aliphatic carbocycles. The van der Waals surface area contributed by atoms with Gasteiger partial charge in [-0.1, -0.05) is 145 Å². The van der Waals surface area contributed by atoms with Crippen molar-refractivity contribution in [1.29, 1.82) is 0 Å². The molecule has 7 heteroatoms. The second-order valence-corrected chi connectivity index (χ2v) is 20.5. The van der Waals surface area contributed by atoms with Gasteiger partial charge >= 0.3 is 0 Å². The number of hydrogen-bond donors (Lipinski definition) is 0. The van der Waals surface area contributed by atoms with Crippen LogP contribution in [0.4, 0.5) is 0 Å². The first-order valence-corrected chi connectivity index (χ1v) is 21.8. The summed E-state index contributed by atoms with van der Waals surface area (Å²) in [6.45, 7) is 33.1. The van der Waals surface area contributed by atoms with Crippen LogP contribution in [0.2, 0.25) is 0 Å². The number of aromatic nitrogens is 4. The van der Waals surface area contributed by atoms with Crippen molar-refractivity contribution in [3.63, 3.8) is 0 Å². The molecule has 325 valence electrons. The van der Waals surface area contributed by atoms with Crippen LogP contribution in [0.1, 0.15) is 155 Å². The van der Waals surface area contributed by atoms with E-state index in [1.807, 2.05) is 36.5 Å². The van der Waals surface area contributed by atoms with Crippen molar-refractivity contribution < 1.29 is 28.9 Å². The van der Waals surface area contributed by atoms with Crippen LogP contribution in [0.3, 0.4) is 0 Å². The molecule has 0 spiro atoms. The number of oxazole rings is 1. The van der Waals surface area contributed by atoms with Crippen LogP contribution in [-0.4, -0.2) is 19.9 Å². The van der Waals surface area contributed by atoms with E-state index in [9.17, 15) is 0 Å². The molecule has 0 saturated carbocycles. The van der Waals surface area contributed by atoms with Crippen LogP contribution < -0.4 is 0 Å². The van der Waals surface area contributed by atoms with E-state index in [4.69, 9.17) is 13.8 Å². The molecule has 62 heavy (non-hydrogen) atoms. The number of hydrogen-bond acceptors (Lipinski definition) is 6. The Morgan fingerprint density at radius 1 is 0.565 bits per heavy atom. The summed E-state index contributed by atoms with van der Waals surface area (Å²) in [4.78, 5) is 18.8. The largest absolute Gasteiger partial charge is 0.500 e. The molecule has 6 nitrogen and oxygen atoms in total. The molecular formula is C55H62IrN4O2-2. The van der Waals surface area contributed by atoms with Crippen molar-refractivity contribution in [2.45, 2.75) is 138 Å². The Balaban J connectivity index is 0.000000317. The average Bonchev–Trinajstić information content (AvgIpc) is 3.82.